The molecule has 1 aromatic rings. The van der Waals surface area contributed by atoms with Gasteiger partial charge < -0.3 is 9.84 Å². The fourth-order valence-electron chi connectivity index (χ4n) is 1.39. The lowest BCUT2D eigenvalue weighted by atomic mass is 10.1. The molecule has 0 spiro atoms. The smallest absolute Gasteiger partial charge is 0.346 e. The first kappa shape index (κ1) is 15.1. The number of nitriles is 1. The number of unbranched alkanes of at least 4 members (excludes halogenated alkanes) is 1. The van der Waals surface area contributed by atoms with Crippen molar-refractivity contribution < 1.29 is 14.6 Å². The number of carboxylic acids is 1. The van der Waals surface area contributed by atoms with E-state index in [1.807, 2.05) is 6.92 Å². The van der Waals surface area contributed by atoms with Crippen LogP contribution < -0.4 is 4.74 Å². The molecule has 100 valence electrons. The van der Waals surface area contributed by atoms with Gasteiger partial charge in [0.2, 0.25) is 0 Å². The predicted octanol–water partition coefficient (Wildman–Crippen LogP) is 3.51. The Hall–Kier alpha value is -1.99. The van der Waals surface area contributed by atoms with Gasteiger partial charge in [0.15, 0.2) is 0 Å². The van der Waals surface area contributed by atoms with Gasteiger partial charge in [-0.05, 0) is 30.7 Å². The van der Waals surface area contributed by atoms with Gasteiger partial charge in [-0.15, -0.1) is 0 Å². The van der Waals surface area contributed by atoms with Crippen LogP contribution in [0, 0.1) is 11.3 Å². The van der Waals surface area contributed by atoms with Crippen molar-refractivity contribution in [3.63, 3.8) is 0 Å². The van der Waals surface area contributed by atoms with Crippen molar-refractivity contribution in [2.24, 2.45) is 0 Å². The second-order valence-electron chi connectivity index (χ2n) is 3.86. The lowest BCUT2D eigenvalue weighted by molar-refractivity contribution is -0.132. The van der Waals surface area contributed by atoms with Crippen molar-refractivity contribution in [1.29, 1.82) is 5.26 Å². The van der Waals surface area contributed by atoms with Crippen molar-refractivity contribution >= 4 is 23.6 Å². The zero-order chi connectivity index (χ0) is 14.3. The molecule has 0 aliphatic heterocycles. The minimum absolute atomic E-state index is 0.359. The molecule has 0 bridgehead atoms. The summed E-state index contributed by atoms with van der Waals surface area (Å²) in [4.78, 5) is 10.8. The van der Waals surface area contributed by atoms with Crippen LogP contribution in [0.5, 0.6) is 5.75 Å². The van der Waals surface area contributed by atoms with Gasteiger partial charge in [-0.2, -0.15) is 5.26 Å². The molecular weight excluding hydrogens is 266 g/mol. The summed E-state index contributed by atoms with van der Waals surface area (Å²) in [5.41, 5.74) is 0.130. The highest BCUT2D eigenvalue weighted by molar-refractivity contribution is 6.30. The van der Waals surface area contributed by atoms with Gasteiger partial charge in [0.05, 0.1) is 6.61 Å². The second kappa shape index (κ2) is 7.45. The zero-order valence-electron chi connectivity index (χ0n) is 10.5. The maximum absolute atomic E-state index is 10.8. The SMILES string of the molecule is CCCCOc1ccc(Cl)cc1C=C(C#N)C(=O)O. The van der Waals surface area contributed by atoms with E-state index in [1.165, 1.54) is 6.08 Å². The molecule has 0 saturated heterocycles. The lowest BCUT2D eigenvalue weighted by Gasteiger charge is -2.09. The Morgan fingerprint density at radius 1 is 1.58 bits per heavy atom. The van der Waals surface area contributed by atoms with Crippen LogP contribution in [0.4, 0.5) is 0 Å². The first-order chi connectivity index (χ1) is 9.08. The highest BCUT2D eigenvalue weighted by atomic mass is 35.5. The van der Waals surface area contributed by atoms with Crippen molar-refractivity contribution in [3.05, 3.63) is 34.4 Å². The van der Waals surface area contributed by atoms with Crippen LogP contribution in [0.15, 0.2) is 23.8 Å². The average Bonchev–Trinajstić information content (AvgIpc) is 2.38. The highest BCUT2D eigenvalue weighted by Crippen LogP contribution is 2.25. The Labute approximate surface area is 116 Å². The number of hydrogen-bond donors (Lipinski definition) is 1. The van der Waals surface area contributed by atoms with Crippen LogP contribution in [-0.4, -0.2) is 17.7 Å². The maximum Gasteiger partial charge on any atom is 0.346 e. The minimum atomic E-state index is -1.28. The number of ether oxygens (including phenoxy) is 1. The summed E-state index contributed by atoms with van der Waals surface area (Å²) in [5, 5.41) is 18.1. The quantitative estimate of drug-likeness (QED) is 0.491. The summed E-state index contributed by atoms with van der Waals surface area (Å²) in [6.07, 6.45) is 3.16. The molecule has 1 rings (SSSR count). The van der Waals surface area contributed by atoms with Gasteiger partial charge >= 0.3 is 5.97 Å². The molecule has 0 aromatic heterocycles. The van der Waals surface area contributed by atoms with E-state index < -0.39 is 5.97 Å². The van der Waals surface area contributed by atoms with Crippen LogP contribution in [0.2, 0.25) is 5.02 Å². The van der Waals surface area contributed by atoms with E-state index in [-0.39, 0.29) is 5.57 Å². The number of carboxylic acid groups (broad SMARTS) is 1. The molecule has 1 aromatic carbocycles. The monoisotopic (exact) mass is 279 g/mol. The normalized spacial score (nSPS) is 10.9. The van der Waals surface area contributed by atoms with E-state index in [0.29, 0.717) is 22.9 Å². The van der Waals surface area contributed by atoms with E-state index in [4.69, 9.17) is 26.7 Å². The Morgan fingerprint density at radius 2 is 2.32 bits per heavy atom. The van der Waals surface area contributed by atoms with Crippen LogP contribution in [-0.2, 0) is 4.79 Å². The third-order valence-corrected chi connectivity index (χ3v) is 2.61. The van der Waals surface area contributed by atoms with E-state index in [2.05, 4.69) is 0 Å². The number of rotatable bonds is 6. The molecule has 0 amide bonds. The summed E-state index contributed by atoms with van der Waals surface area (Å²) < 4.78 is 5.55. The van der Waals surface area contributed by atoms with E-state index in [0.717, 1.165) is 12.8 Å². The Bertz CT molecular complexity index is 532. The third kappa shape index (κ3) is 4.65. The number of hydrogen-bond acceptors (Lipinski definition) is 3. The van der Waals surface area contributed by atoms with Crippen LogP contribution in [0.3, 0.4) is 0 Å². The van der Waals surface area contributed by atoms with Crippen LogP contribution in [0.25, 0.3) is 6.08 Å². The summed E-state index contributed by atoms with van der Waals surface area (Å²) in [5.74, 6) is -0.756. The van der Waals surface area contributed by atoms with Gasteiger partial charge in [-0.25, -0.2) is 4.79 Å². The Balaban J connectivity index is 3.07. The topological polar surface area (TPSA) is 70.3 Å². The van der Waals surface area contributed by atoms with Gasteiger partial charge in [-0.1, -0.05) is 24.9 Å². The summed E-state index contributed by atoms with van der Waals surface area (Å²) >= 11 is 5.87. The molecular formula is C14H14ClNO3. The molecule has 4 nitrogen and oxygen atoms in total. The molecule has 5 heteroatoms. The summed E-state index contributed by atoms with van der Waals surface area (Å²) in [6.45, 7) is 2.58. The molecule has 0 aliphatic rings. The average molecular weight is 280 g/mol. The van der Waals surface area contributed by atoms with E-state index in [9.17, 15) is 4.79 Å². The molecule has 0 saturated carbocycles. The van der Waals surface area contributed by atoms with Gasteiger partial charge in [0, 0.05) is 10.6 Å². The first-order valence-electron chi connectivity index (χ1n) is 5.86. The van der Waals surface area contributed by atoms with Gasteiger partial charge in [-0.3, -0.25) is 0 Å². The summed E-state index contributed by atoms with van der Waals surface area (Å²) in [7, 11) is 0. The Kier molecular flexibility index (Phi) is 5.91. The van der Waals surface area contributed by atoms with Gasteiger partial charge in [0.25, 0.3) is 0 Å². The highest BCUT2D eigenvalue weighted by Gasteiger charge is 2.09. The van der Waals surface area contributed by atoms with Gasteiger partial charge in [0.1, 0.15) is 17.4 Å². The largest absolute Gasteiger partial charge is 0.493 e. The van der Waals surface area contributed by atoms with Crippen molar-refractivity contribution in [1.82, 2.24) is 0 Å². The molecule has 1 N–H and O–H groups in total. The van der Waals surface area contributed by atoms with Crippen LogP contribution in [0.1, 0.15) is 25.3 Å². The number of halogens is 1. The predicted molar refractivity (Wildman–Crippen MR) is 73.1 cm³/mol. The zero-order valence-corrected chi connectivity index (χ0v) is 11.3. The number of carbonyl (C=O) groups is 1. The molecule has 0 heterocycles. The third-order valence-electron chi connectivity index (χ3n) is 2.38. The van der Waals surface area contributed by atoms with E-state index >= 15 is 0 Å². The number of nitrogens with zero attached hydrogens (tertiary/aromatic N) is 1. The number of benzene rings is 1. The Morgan fingerprint density at radius 3 is 2.89 bits per heavy atom. The standard InChI is InChI=1S/C14H14ClNO3/c1-2-3-6-19-13-5-4-12(15)8-10(13)7-11(9-16)14(17)18/h4-5,7-8H,2-3,6H2,1H3,(H,17,18). The lowest BCUT2D eigenvalue weighted by Crippen LogP contribution is -2.00. The molecule has 19 heavy (non-hydrogen) atoms. The molecule has 0 atom stereocenters. The number of aliphatic carboxylic acids is 1. The van der Waals surface area contributed by atoms with Crippen molar-refractivity contribution in [3.8, 4) is 11.8 Å². The molecule has 0 unspecified atom stereocenters. The first-order valence-corrected chi connectivity index (χ1v) is 6.23. The van der Waals surface area contributed by atoms with E-state index in [1.54, 1.807) is 24.3 Å². The molecule has 0 radical (unpaired) electrons. The van der Waals surface area contributed by atoms with Crippen LogP contribution >= 0.6 is 11.6 Å². The summed E-state index contributed by atoms with van der Waals surface area (Å²) in [6, 6.07) is 6.53. The van der Waals surface area contributed by atoms with Crippen molar-refractivity contribution in [2.45, 2.75) is 19.8 Å². The fourth-order valence-corrected chi connectivity index (χ4v) is 1.57. The molecule has 0 aliphatic carbocycles. The fraction of sp³-hybridized carbons (Fsp3) is 0.286. The molecule has 0 fully saturated rings. The maximum atomic E-state index is 10.8. The van der Waals surface area contributed by atoms with Crippen molar-refractivity contribution in [2.75, 3.05) is 6.61 Å². The minimum Gasteiger partial charge on any atom is -0.493 e. The second-order valence-corrected chi connectivity index (χ2v) is 4.30.